The molecule has 8 nitrogen and oxygen atoms in total. The second kappa shape index (κ2) is 9.18. The van der Waals surface area contributed by atoms with Crippen LogP contribution in [0.2, 0.25) is 0 Å². The molecule has 2 saturated heterocycles. The number of hydrogen-bond acceptors (Lipinski definition) is 6. The molecule has 1 aromatic heterocycles. The second-order valence-corrected chi connectivity index (χ2v) is 15.3. The van der Waals surface area contributed by atoms with E-state index in [1.54, 1.807) is 0 Å². The number of alkyl halides is 1. The van der Waals surface area contributed by atoms with E-state index >= 15 is 0 Å². The van der Waals surface area contributed by atoms with Gasteiger partial charge in [-0.05, 0) is 19.9 Å². The molecule has 6 rings (SSSR count). The van der Waals surface area contributed by atoms with Gasteiger partial charge >= 0.3 is 159 Å². The molecule has 1 N–H and O–H groups in total. The summed E-state index contributed by atoms with van der Waals surface area (Å²) in [5, 5.41) is 4.39. The average Bonchev–Trinajstić information content (AvgIpc) is 3.65. The van der Waals surface area contributed by atoms with Crippen molar-refractivity contribution in [2.45, 2.75) is 62.4 Å². The smallest absolute Gasteiger partial charge is 0.229 e. The van der Waals surface area contributed by atoms with Crippen molar-refractivity contribution in [1.29, 1.82) is 0 Å². The van der Waals surface area contributed by atoms with Crippen LogP contribution < -0.4 is 0 Å². The van der Waals surface area contributed by atoms with Crippen LogP contribution in [-0.2, 0) is 16.1 Å². The monoisotopic (exact) mass is 607 g/mol. The molecule has 0 bridgehead atoms. The Morgan fingerprint density at radius 3 is 2.72 bits per heavy atom. The van der Waals surface area contributed by atoms with Crippen LogP contribution in [0.3, 0.4) is 0 Å². The number of fused-ring (bicyclic) bond motifs is 1. The molecule has 2 amide bonds. The van der Waals surface area contributed by atoms with Gasteiger partial charge in [-0.3, -0.25) is 0 Å². The summed E-state index contributed by atoms with van der Waals surface area (Å²) in [4.78, 5) is 31.0. The van der Waals surface area contributed by atoms with Crippen LogP contribution in [0.25, 0.3) is 0 Å². The molecule has 2 atom stereocenters. The molecule has 4 heterocycles. The predicted molar refractivity (Wildman–Crippen MR) is 143 cm³/mol. The summed E-state index contributed by atoms with van der Waals surface area (Å²) >= 11 is -2.20. The third kappa shape index (κ3) is 3.93. The molecule has 1 spiro atoms. The summed E-state index contributed by atoms with van der Waals surface area (Å²) in [5.74, 6) is 1.31. The fraction of sp³-hybridized carbons (Fsp3) is 0.593. The summed E-state index contributed by atoms with van der Waals surface area (Å²) in [6, 6.07) is 9.96. The van der Waals surface area contributed by atoms with Gasteiger partial charge in [-0.2, -0.15) is 0 Å². The predicted octanol–water partition coefficient (Wildman–Crippen LogP) is 3.45. The van der Waals surface area contributed by atoms with Crippen molar-refractivity contribution in [2.75, 3.05) is 38.3 Å². The van der Waals surface area contributed by atoms with E-state index in [2.05, 4.69) is 17.1 Å². The van der Waals surface area contributed by atoms with Gasteiger partial charge in [-0.1, -0.05) is 12.8 Å². The summed E-state index contributed by atoms with van der Waals surface area (Å²) in [6.45, 7) is 2.63. The van der Waals surface area contributed by atoms with E-state index in [0.717, 1.165) is 59.1 Å². The molecule has 4 aliphatic rings. The molecular formula is C27H36IN4O4+. The molecule has 9 heteroatoms. The van der Waals surface area contributed by atoms with Crippen LogP contribution in [0, 0.1) is 3.57 Å². The first kappa shape index (κ1) is 24.5. The van der Waals surface area contributed by atoms with Crippen molar-refractivity contribution < 1.29 is 22.0 Å². The maximum atomic E-state index is 13.5. The Bertz CT molecular complexity index is 1170. The molecule has 1 aliphatic carbocycles. The molecule has 1 saturated carbocycles. The number of quaternary nitrogens is 1. The number of nitrogens with zero attached hydrogens (tertiary/aromatic N) is 4. The summed E-state index contributed by atoms with van der Waals surface area (Å²) < 4.78 is 18.3. The molecule has 3 fully saturated rings. The molecule has 194 valence electrons. The minimum atomic E-state index is -2.20. The number of aromatic nitrogens is 1. The van der Waals surface area contributed by atoms with E-state index in [0.29, 0.717) is 41.1 Å². The van der Waals surface area contributed by atoms with Crippen molar-refractivity contribution in [3.05, 3.63) is 50.9 Å². The number of benzene rings is 1. The molecule has 3 aliphatic heterocycles. The normalized spacial score (nSPS) is 29.4. The van der Waals surface area contributed by atoms with Gasteiger partial charge in [-0.25, -0.2) is 9.69 Å². The topological polar surface area (TPSA) is 86.9 Å². The van der Waals surface area contributed by atoms with Gasteiger partial charge in [-0.15, -0.1) is 0 Å². The second-order valence-electron chi connectivity index (χ2n) is 11.3. The van der Waals surface area contributed by atoms with Gasteiger partial charge in [0.25, 0.3) is 0 Å². The Morgan fingerprint density at radius 2 is 1.97 bits per heavy atom. The van der Waals surface area contributed by atoms with Crippen molar-refractivity contribution >= 4 is 32.0 Å². The van der Waals surface area contributed by atoms with Crippen LogP contribution in [0.5, 0.6) is 0 Å². The van der Waals surface area contributed by atoms with Crippen molar-refractivity contribution in [3.63, 3.8) is 0 Å². The zero-order valence-electron chi connectivity index (χ0n) is 21.2. The zero-order chi connectivity index (χ0) is 25.1. The maximum absolute atomic E-state index is 13.5. The molecule has 1 aromatic carbocycles. The van der Waals surface area contributed by atoms with E-state index in [9.17, 15) is 13.0 Å². The fourth-order valence-electron chi connectivity index (χ4n) is 7.03. The van der Waals surface area contributed by atoms with Crippen molar-refractivity contribution in [3.8, 4) is 0 Å². The third-order valence-corrected chi connectivity index (χ3v) is 13.0. The SMILES string of the molecule is CN1C[N+](C)(Cc2cc(C3CCN(C(=O)[C@@H]4CI(O)c5ccccc54)CC3)no2)C(=O)C12CCCC2. The average molecular weight is 608 g/mol. The molecule has 1 unspecified atom stereocenters. The van der Waals surface area contributed by atoms with Crippen LogP contribution >= 0.6 is 20.2 Å². The number of rotatable bonds is 4. The first-order chi connectivity index (χ1) is 17.3. The van der Waals surface area contributed by atoms with Gasteiger partial charge in [0.1, 0.15) is 12.2 Å². The largest absolute Gasteiger partial charge is 0.335 e. The summed E-state index contributed by atoms with van der Waals surface area (Å²) in [7, 11) is 4.11. The van der Waals surface area contributed by atoms with E-state index in [1.165, 1.54) is 0 Å². The Balaban J connectivity index is 1.08. The summed E-state index contributed by atoms with van der Waals surface area (Å²) in [6.07, 6.45) is 5.88. The Hall–Kier alpha value is -1.82. The molecule has 0 radical (unpaired) electrons. The fourth-order valence-corrected chi connectivity index (χ4v) is 11.1. The minimum absolute atomic E-state index is 0.158. The van der Waals surface area contributed by atoms with Crippen LogP contribution in [0.4, 0.5) is 0 Å². The Kier molecular flexibility index (Phi) is 6.25. The van der Waals surface area contributed by atoms with Crippen LogP contribution in [0.15, 0.2) is 34.9 Å². The zero-order valence-corrected chi connectivity index (χ0v) is 23.3. The van der Waals surface area contributed by atoms with Gasteiger partial charge in [0, 0.05) is 0 Å². The number of amides is 2. The summed E-state index contributed by atoms with van der Waals surface area (Å²) in [5.41, 5.74) is 1.68. The van der Waals surface area contributed by atoms with E-state index in [4.69, 9.17) is 4.52 Å². The number of carbonyl (C=O) groups is 2. The molecular weight excluding hydrogens is 571 g/mol. The van der Waals surface area contributed by atoms with Crippen molar-refractivity contribution in [2.24, 2.45) is 0 Å². The van der Waals surface area contributed by atoms with Gasteiger partial charge in [0.05, 0.1) is 7.05 Å². The van der Waals surface area contributed by atoms with Crippen molar-refractivity contribution in [1.82, 2.24) is 15.0 Å². The van der Waals surface area contributed by atoms with Crippen LogP contribution in [0.1, 0.15) is 67.4 Å². The van der Waals surface area contributed by atoms with Gasteiger partial charge in [0.15, 0.2) is 0 Å². The number of carbonyl (C=O) groups excluding carboxylic acids is 2. The van der Waals surface area contributed by atoms with E-state index < -0.39 is 20.2 Å². The van der Waals surface area contributed by atoms with Crippen LogP contribution in [-0.4, -0.2) is 78.5 Å². The van der Waals surface area contributed by atoms with E-state index in [1.807, 2.05) is 42.3 Å². The standard InChI is InChI=1S/C27H36IN4O4/c1-30-18-32(2,26(34)27(30)11-5-6-12-27)17-20-15-24(29-36-20)19-9-13-31(14-10-19)25(33)22-16-28(35)23-8-4-3-7-21(22)23/h3-4,7-8,15,19,22,35H,5-6,9-14,16-18H2,1-2H3/q+1/t22-,32?/m1/s1. The number of likely N-dealkylation sites (tertiary alicyclic amines) is 1. The number of piperidine rings is 1. The minimum Gasteiger partial charge on any atom is -0.229 e. The number of hydrogen-bond donors (Lipinski definition) is 1. The Morgan fingerprint density at radius 1 is 1.25 bits per heavy atom. The number of halogens is 1. The molecule has 2 aromatic rings. The Labute approximate surface area is 220 Å². The molecule has 36 heavy (non-hydrogen) atoms. The van der Waals surface area contributed by atoms with E-state index in [-0.39, 0.29) is 23.3 Å². The first-order valence-electron chi connectivity index (χ1n) is 13.1. The third-order valence-electron chi connectivity index (χ3n) is 9.00. The van der Waals surface area contributed by atoms with Gasteiger partial charge in [0.2, 0.25) is 0 Å². The first-order valence-corrected chi connectivity index (χ1v) is 16.7. The number of likely N-dealkylation sites (N-methyl/N-ethyl adjacent to an activating group) is 2. The van der Waals surface area contributed by atoms with Gasteiger partial charge < -0.3 is 0 Å². The maximum Gasteiger partial charge on any atom is 0.335 e. The quantitative estimate of drug-likeness (QED) is 0.326.